The molecule has 2 N–H and O–H groups in total. The predicted molar refractivity (Wildman–Crippen MR) is 110 cm³/mol. The van der Waals surface area contributed by atoms with Crippen LogP contribution < -0.4 is 5.73 Å². The lowest BCUT2D eigenvalue weighted by Gasteiger charge is -2.42. The third-order valence-electron chi connectivity index (χ3n) is 5.59. The standard InChI is InChI=1S/C21H26N4OS/c1-14-16-11-17(19(26)24-10-9-18(22)21(2,3)13-24)27-20(16)25(23-14)12-15-7-5-4-6-8-15/h4-8,11,18H,9-10,12-13,22H2,1-3H3. The number of nitrogens with zero attached hydrogens (tertiary/aromatic N) is 3. The van der Waals surface area contributed by atoms with Crippen LogP contribution in [-0.2, 0) is 6.54 Å². The molecule has 1 amide bonds. The summed E-state index contributed by atoms with van der Waals surface area (Å²) in [5.74, 6) is 0.113. The number of aryl methyl sites for hydroxylation is 1. The van der Waals surface area contributed by atoms with Crippen LogP contribution in [0.4, 0.5) is 0 Å². The molecule has 1 aliphatic heterocycles. The molecule has 0 radical (unpaired) electrons. The van der Waals surface area contributed by atoms with Crippen LogP contribution in [-0.4, -0.2) is 39.7 Å². The Morgan fingerprint density at radius 2 is 2.07 bits per heavy atom. The maximum atomic E-state index is 13.1. The van der Waals surface area contributed by atoms with E-state index in [1.807, 2.05) is 40.8 Å². The number of amides is 1. The van der Waals surface area contributed by atoms with Gasteiger partial charge in [-0.25, -0.2) is 0 Å². The summed E-state index contributed by atoms with van der Waals surface area (Å²) in [6.07, 6.45) is 0.852. The van der Waals surface area contributed by atoms with E-state index in [0.29, 0.717) is 13.1 Å². The molecule has 6 heteroatoms. The van der Waals surface area contributed by atoms with Crippen LogP contribution >= 0.6 is 11.3 Å². The lowest BCUT2D eigenvalue weighted by atomic mass is 9.79. The highest BCUT2D eigenvalue weighted by Gasteiger charge is 2.36. The van der Waals surface area contributed by atoms with Gasteiger partial charge in [0.2, 0.25) is 0 Å². The zero-order valence-corrected chi connectivity index (χ0v) is 16.9. The number of benzene rings is 1. The number of carbonyl (C=O) groups is 1. The first-order valence-electron chi connectivity index (χ1n) is 9.41. The van der Waals surface area contributed by atoms with Crippen molar-refractivity contribution >= 4 is 27.5 Å². The molecule has 3 heterocycles. The monoisotopic (exact) mass is 382 g/mol. The molecule has 2 aromatic heterocycles. The van der Waals surface area contributed by atoms with E-state index in [1.165, 1.54) is 5.56 Å². The second-order valence-electron chi connectivity index (χ2n) is 8.17. The third kappa shape index (κ3) is 3.39. The third-order valence-corrected chi connectivity index (χ3v) is 6.73. The maximum absolute atomic E-state index is 13.1. The minimum atomic E-state index is -0.0510. The summed E-state index contributed by atoms with van der Waals surface area (Å²) in [6.45, 7) is 8.44. The number of aromatic nitrogens is 2. The number of fused-ring (bicyclic) bond motifs is 1. The molecule has 1 saturated heterocycles. The maximum Gasteiger partial charge on any atom is 0.264 e. The van der Waals surface area contributed by atoms with Gasteiger partial charge in [0, 0.05) is 24.5 Å². The summed E-state index contributed by atoms with van der Waals surface area (Å²) < 4.78 is 2.01. The summed E-state index contributed by atoms with van der Waals surface area (Å²) in [7, 11) is 0. The highest BCUT2D eigenvalue weighted by molar-refractivity contribution is 7.20. The Balaban J connectivity index is 1.62. The first-order chi connectivity index (χ1) is 12.8. The van der Waals surface area contributed by atoms with E-state index in [4.69, 9.17) is 5.73 Å². The molecule has 1 atom stereocenters. The molecule has 0 spiro atoms. The van der Waals surface area contributed by atoms with Gasteiger partial charge >= 0.3 is 0 Å². The van der Waals surface area contributed by atoms with E-state index in [1.54, 1.807) is 11.3 Å². The summed E-state index contributed by atoms with van der Waals surface area (Å²) in [6, 6.07) is 12.4. The van der Waals surface area contributed by atoms with Crippen molar-refractivity contribution in [1.29, 1.82) is 0 Å². The Labute approximate surface area is 163 Å². The van der Waals surface area contributed by atoms with Gasteiger partial charge < -0.3 is 10.6 Å². The average Bonchev–Trinajstić information content (AvgIpc) is 3.19. The smallest absolute Gasteiger partial charge is 0.264 e. The van der Waals surface area contributed by atoms with Crippen molar-refractivity contribution in [2.45, 2.75) is 39.8 Å². The number of nitrogens with two attached hydrogens (primary N) is 1. The Kier molecular flexibility index (Phi) is 4.56. The fourth-order valence-electron chi connectivity index (χ4n) is 3.78. The van der Waals surface area contributed by atoms with Crippen LogP contribution in [0.1, 0.15) is 41.2 Å². The normalized spacial score (nSPS) is 19.6. The van der Waals surface area contributed by atoms with Crippen molar-refractivity contribution in [1.82, 2.24) is 14.7 Å². The predicted octanol–water partition coefficient (Wildman–Crippen LogP) is 3.65. The molecule has 142 valence electrons. The lowest BCUT2D eigenvalue weighted by molar-refractivity contribution is 0.0537. The van der Waals surface area contributed by atoms with Gasteiger partial charge in [-0.2, -0.15) is 5.10 Å². The Hall–Kier alpha value is -2.18. The van der Waals surface area contributed by atoms with Gasteiger partial charge in [-0.15, -0.1) is 11.3 Å². The van der Waals surface area contributed by atoms with Crippen LogP contribution in [0.5, 0.6) is 0 Å². The summed E-state index contributed by atoms with van der Waals surface area (Å²) in [5.41, 5.74) is 8.35. The molecule has 1 aromatic carbocycles. The minimum absolute atomic E-state index is 0.0510. The SMILES string of the molecule is Cc1nn(Cc2ccccc2)c2sc(C(=O)N3CCC(N)C(C)(C)C3)cc12. The molecule has 5 nitrogen and oxygen atoms in total. The number of carbonyl (C=O) groups excluding carboxylic acids is 1. The van der Waals surface area contributed by atoms with Gasteiger partial charge in [0.1, 0.15) is 4.83 Å². The van der Waals surface area contributed by atoms with Gasteiger partial charge in [0.25, 0.3) is 5.91 Å². The van der Waals surface area contributed by atoms with Crippen LogP contribution in [0.2, 0.25) is 0 Å². The fraction of sp³-hybridized carbons (Fsp3) is 0.429. The summed E-state index contributed by atoms with van der Waals surface area (Å²) in [4.78, 5) is 16.9. The Morgan fingerprint density at radius 1 is 1.33 bits per heavy atom. The van der Waals surface area contributed by atoms with E-state index < -0.39 is 0 Å². The van der Waals surface area contributed by atoms with Gasteiger partial charge in [0.05, 0.1) is 17.1 Å². The van der Waals surface area contributed by atoms with Crippen molar-refractivity contribution in [2.24, 2.45) is 11.1 Å². The number of piperidine rings is 1. The van der Waals surface area contributed by atoms with E-state index in [2.05, 4.69) is 31.1 Å². The topological polar surface area (TPSA) is 64.2 Å². The molecular weight excluding hydrogens is 356 g/mol. The number of hydrogen-bond donors (Lipinski definition) is 1. The van der Waals surface area contributed by atoms with Crippen LogP contribution in [0.25, 0.3) is 10.2 Å². The van der Waals surface area contributed by atoms with Crippen molar-refractivity contribution in [2.75, 3.05) is 13.1 Å². The number of thiophene rings is 1. The average molecular weight is 383 g/mol. The van der Waals surface area contributed by atoms with Crippen molar-refractivity contribution in [3.05, 3.63) is 52.5 Å². The second-order valence-corrected chi connectivity index (χ2v) is 9.20. The van der Waals surface area contributed by atoms with Crippen LogP contribution in [0, 0.1) is 12.3 Å². The zero-order chi connectivity index (χ0) is 19.2. The summed E-state index contributed by atoms with van der Waals surface area (Å²) >= 11 is 1.54. The molecule has 0 saturated carbocycles. The van der Waals surface area contributed by atoms with E-state index in [-0.39, 0.29) is 17.4 Å². The fourth-order valence-corrected chi connectivity index (χ4v) is 4.91. The van der Waals surface area contributed by atoms with Crippen molar-refractivity contribution < 1.29 is 4.79 Å². The molecule has 0 bridgehead atoms. The Morgan fingerprint density at radius 3 is 2.78 bits per heavy atom. The molecule has 27 heavy (non-hydrogen) atoms. The van der Waals surface area contributed by atoms with Crippen LogP contribution in [0.15, 0.2) is 36.4 Å². The summed E-state index contributed by atoms with van der Waals surface area (Å²) in [5, 5.41) is 5.75. The molecule has 1 fully saturated rings. The van der Waals surface area contributed by atoms with E-state index >= 15 is 0 Å². The molecule has 1 aliphatic rings. The molecule has 4 rings (SSSR count). The molecule has 1 unspecified atom stereocenters. The largest absolute Gasteiger partial charge is 0.337 e. The number of rotatable bonds is 3. The van der Waals surface area contributed by atoms with Gasteiger partial charge in [0.15, 0.2) is 0 Å². The first-order valence-corrected chi connectivity index (χ1v) is 10.2. The molecule has 3 aromatic rings. The lowest BCUT2D eigenvalue weighted by Crippen LogP contribution is -2.53. The number of hydrogen-bond acceptors (Lipinski definition) is 4. The quantitative estimate of drug-likeness (QED) is 0.752. The highest BCUT2D eigenvalue weighted by atomic mass is 32.1. The molecule has 0 aliphatic carbocycles. The van der Waals surface area contributed by atoms with Crippen molar-refractivity contribution in [3.63, 3.8) is 0 Å². The van der Waals surface area contributed by atoms with E-state index in [0.717, 1.165) is 33.8 Å². The van der Waals surface area contributed by atoms with Gasteiger partial charge in [-0.3, -0.25) is 9.48 Å². The van der Waals surface area contributed by atoms with E-state index in [9.17, 15) is 4.79 Å². The number of likely N-dealkylation sites (tertiary alicyclic amines) is 1. The van der Waals surface area contributed by atoms with Gasteiger partial charge in [-0.05, 0) is 30.4 Å². The minimum Gasteiger partial charge on any atom is -0.337 e. The van der Waals surface area contributed by atoms with Crippen molar-refractivity contribution in [3.8, 4) is 0 Å². The zero-order valence-electron chi connectivity index (χ0n) is 16.1. The first kappa shape index (κ1) is 18.2. The highest BCUT2D eigenvalue weighted by Crippen LogP contribution is 2.33. The Bertz CT molecular complexity index is 973. The molecular formula is C21H26N4OS. The second kappa shape index (κ2) is 6.77. The van der Waals surface area contributed by atoms with Crippen LogP contribution in [0.3, 0.4) is 0 Å². The van der Waals surface area contributed by atoms with Gasteiger partial charge in [-0.1, -0.05) is 44.2 Å².